The summed E-state index contributed by atoms with van der Waals surface area (Å²) in [7, 11) is 0. The zero-order valence-electron chi connectivity index (χ0n) is 16.7. The van der Waals surface area contributed by atoms with Crippen LogP contribution in [0.5, 0.6) is 11.5 Å². The van der Waals surface area contributed by atoms with Crippen LogP contribution in [0.25, 0.3) is 16.7 Å². The lowest BCUT2D eigenvalue weighted by Crippen LogP contribution is -2.25. The zero-order valence-corrected chi connectivity index (χ0v) is 17.5. The maximum Gasteiger partial charge on any atom is 0.280 e. The Kier molecular flexibility index (Phi) is 4.49. The lowest BCUT2D eigenvalue weighted by molar-refractivity contribution is 0.297. The molecule has 0 unspecified atom stereocenters. The first-order valence-electron chi connectivity index (χ1n) is 9.90. The van der Waals surface area contributed by atoms with Gasteiger partial charge in [0.25, 0.3) is 11.3 Å². The molecule has 0 atom stereocenters. The fourth-order valence-corrected chi connectivity index (χ4v) is 4.25. The average Bonchev–Trinajstić information content (AvgIpc) is 3.43. The first kappa shape index (κ1) is 18.8. The van der Waals surface area contributed by atoms with Crippen molar-refractivity contribution in [1.29, 1.82) is 0 Å². The van der Waals surface area contributed by atoms with E-state index in [9.17, 15) is 4.79 Å². The summed E-state index contributed by atoms with van der Waals surface area (Å²) in [5, 5.41) is 13.0. The van der Waals surface area contributed by atoms with E-state index in [4.69, 9.17) is 9.47 Å². The summed E-state index contributed by atoms with van der Waals surface area (Å²) in [6.45, 7) is 1.31. The summed E-state index contributed by atoms with van der Waals surface area (Å²) in [5.74, 6) is 2.63. The van der Waals surface area contributed by atoms with Crippen molar-refractivity contribution in [3.05, 3.63) is 65.2 Å². The highest BCUT2D eigenvalue weighted by molar-refractivity contribution is 7.98. The third-order valence-corrected chi connectivity index (χ3v) is 5.94. The molecule has 11 nitrogen and oxygen atoms in total. The standard InChI is InChI=1S/C20H16N8O3S/c29-18-14-9-21-19-24-20(25-28(19)15(14)4-5-27(18)26-11-22-23-12-26)32-10-13-2-3-16-17(8-13)31-7-1-6-30-16/h2-5,8-9,11-12H,1,6-7,10H2. The number of aromatic nitrogens is 8. The summed E-state index contributed by atoms with van der Waals surface area (Å²) in [4.78, 5) is 21.7. The van der Waals surface area contributed by atoms with Crippen molar-refractivity contribution in [2.24, 2.45) is 0 Å². The van der Waals surface area contributed by atoms with E-state index in [1.54, 1.807) is 16.8 Å². The number of fused-ring (bicyclic) bond motifs is 4. The maximum absolute atomic E-state index is 12.9. The number of ether oxygens (including phenoxy) is 2. The van der Waals surface area contributed by atoms with Gasteiger partial charge >= 0.3 is 0 Å². The van der Waals surface area contributed by atoms with E-state index in [0.717, 1.165) is 23.5 Å². The molecule has 32 heavy (non-hydrogen) atoms. The molecule has 5 heterocycles. The van der Waals surface area contributed by atoms with Gasteiger partial charge < -0.3 is 9.47 Å². The molecule has 0 bridgehead atoms. The molecule has 5 aromatic rings. The molecular formula is C20H16N8O3S. The smallest absolute Gasteiger partial charge is 0.280 e. The number of pyridine rings is 1. The van der Waals surface area contributed by atoms with Crippen molar-refractivity contribution in [2.75, 3.05) is 13.2 Å². The highest BCUT2D eigenvalue weighted by Gasteiger charge is 2.14. The van der Waals surface area contributed by atoms with Gasteiger partial charge in [0.15, 0.2) is 11.5 Å². The molecule has 0 aliphatic carbocycles. The van der Waals surface area contributed by atoms with Crippen molar-refractivity contribution < 1.29 is 9.47 Å². The summed E-state index contributed by atoms with van der Waals surface area (Å²) in [6.07, 6.45) is 6.92. The average molecular weight is 448 g/mol. The molecule has 12 heteroatoms. The van der Waals surface area contributed by atoms with E-state index in [-0.39, 0.29) is 5.56 Å². The highest BCUT2D eigenvalue weighted by atomic mass is 32.2. The second-order valence-electron chi connectivity index (χ2n) is 7.09. The van der Waals surface area contributed by atoms with Gasteiger partial charge in [-0.2, -0.15) is 9.50 Å². The van der Waals surface area contributed by atoms with Crippen LogP contribution in [-0.2, 0) is 5.75 Å². The minimum Gasteiger partial charge on any atom is -0.490 e. The topological polar surface area (TPSA) is 114 Å². The van der Waals surface area contributed by atoms with Gasteiger partial charge in [0.2, 0.25) is 5.16 Å². The quantitative estimate of drug-likeness (QED) is 0.380. The van der Waals surface area contributed by atoms with Gasteiger partial charge in [-0.15, -0.1) is 15.3 Å². The van der Waals surface area contributed by atoms with E-state index in [1.165, 1.54) is 40.0 Å². The van der Waals surface area contributed by atoms with E-state index >= 15 is 0 Å². The van der Waals surface area contributed by atoms with Crippen LogP contribution < -0.4 is 15.0 Å². The largest absolute Gasteiger partial charge is 0.490 e. The minimum atomic E-state index is -0.256. The molecule has 0 spiro atoms. The number of benzene rings is 1. The van der Waals surface area contributed by atoms with Gasteiger partial charge in [0.05, 0.1) is 24.1 Å². The lowest BCUT2D eigenvalue weighted by atomic mass is 10.2. The molecule has 0 N–H and O–H groups in total. The number of nitrogens with zero attached hydrogens (tertiary/aromatic N) is 8. The van der Waals surface area contributed by atoms with Gasteiger partial charge in [-0.25, -0.2) is 14.3 Å². The number of rotatable bonds is 4. The van der Waals surface area contributed by atoms with Gasteiger partial charge in [-0.3, -0.25) is 4.79 Å². The van der Waals surface area contributed by atoms with Gasteiger partial charge in [0, 0.05) is 24.6 Å². The molecule has 1 aliphatic heterocycles. The Labute approximate surface area is 184 Å². The van der Waals surface area contributed by atoms with Crippen LogP contribution in [0.4, 0.5) is 0 Å². The molecule has 0 amide bonds. The predicted molar refractivity (Wildman–Crippen MR) is 115 cm³/mol. The zero-order chi connectivity index (χ0) is 21.5. The predicted octanol–water partition coefficient (Wildman–Crippen LogP) is 1.80. The van der Waals surface area contributed by atoms with E-state index in [0.29, 0.717) is 40.8 Å². The van der Waals surface area contributed by atoms with Crippen LogP contribution in [0, 0.1) is 0 Å². The summed E-state index contributed by atoms with van der Waals surface area (Å²) in [6, 6.07) is 7.73. The Bertz CT molecular complexity index is 1490. The first-order valence-corrected chi connectivity index (χ1v) is 10.9. The third-order valence-electron chi connectivity index (χ3n) is 5.03. The van der Waals surface area contributed by atoms with Gasteiger partial charge in [-0.05, 0) is 23.8 Å². The molecule has 0 radical (unpaired) electrons. The first-order chi connectivity index (χ1) is 15.8. The van der Waals surface area contributed by atoms with Crippen molar-refractivity contribution in [2.45, 2.75) is 17.3 Å². The van der Waals surface area contributed by atoms with Crippen LogP contribution in [0.3, 0.4) is 0 Å². The maximum atomic E-state index is 12.9. The molecule has 1 aromatic carbocycles. The Morgan fingerprint density at radius 3 is 2.78 bits per heavy atom. The van der Waals surface area contributed by atoms with Crippen LogP contribution >= 0.6 is 11.8 Å². The molecule has 1 aliphatic rings. The molecule has 160 valence electrons. The van der Waals surface area contributed by atoms with Gasteiger partial charge in [0.1, 0.15) is 12.7 Å². The van der Waals surface area contributed by atoms with E-state index in [2.05, 4.69) is 25.3 Å². The van der Waals surface area contributed by atoms with Crippen LogP contribution in [0.15, 0.2) is 59.3 Å². The Hall–Kier alpha value is -3.93. The molecule has 0 saturated heterocycles. The number of hydrogen-bond acceptors (Lipinski definition) is 9. The van der Waals surface area contributed by atoms with Crippen molar-refractivity contribution >= 4 is 28.4 Å². The molecule has 0 fully saturated rings. The van der Waals surface area contributed by atoms with Crippen LogP contribution in [-0.4, -0.2) is 52.3 Å². The number of thioether (sulfide) groups is 1. The molecular weight excluding hydrogens is 432 g/mol. The third kappa shape index (κ3) is 3.24. The Morgan fingerprint density at radius 1 is 1.06 bits per heavy atom. The summed E-state index contributed by atoms with van der Waals surface area (Å²) >= 11 is 1.49. The van der Waals surface area contributed by atoms with E-state index < -0.39 is 0 Å². The van der Waals surface area contributed by atoms with Crippen LogP contribution in [0.2, 0.25) is 0 Å². The van der Waals surface area contributed by atoms with Crippen molar-refractivity contribution in [3.63, 3.8) is 0 Å². The Balaban J connectivity index is 1.30. The minimum absolute atomic E-state index is 0.256. The normalized spacial score (nSPS) is 13.5. The SMILES string of the molecule is O=c1c2cnc3nc(SCc4ccc5c(c4)OCCCO5)nn3c2ccn1-n1cnnc1. The second-order valence-corrected chi connectivity index (χ2v) is 8.03. The van der Waals surface area contributed by atoms with Crippen molar-refractivity contribution in [1.82, 2.24) is 39.1 Å². The summed E-state index contributed by atoms with van der Waals surface area (Å²) < 4.78 is 15.9. The van der Waals surface area contributed by atoms with E-state index in [1.807, 2.05) is 18.2 Å². The lowest BCUT2D eigenvalue weighted by Gasteiger charge is -2.08. The highest BCUT2D eigenvalue weighted by Crippen LogP contribution is 2.32. The van der Waals surface area contributed by atoms with Crippen LogP contribution in [0.1, 0.15) is 12.0 Å². The van der Waals surface area contributed by atoms with Gasteiger partial charge in [-0.1, -0.05) is 17.8 Å². The van der Waals surface area contributed by atoms with Crippen molar-refractivity contribution in [3.8, 4) is 11.5 Å². The molecule has 4 aromatic heterocycles. The number of hydrogen-bond donors (Lipinski definition) is 0. The molecule has 0 saturated carbocycles. The monoisotopic (exact) mass is 448 g/mol. The summed E-state index contributed by atoms with van der Waals surface area (Å²) in [5.41, 5.74) is 1.45. The fraction of sp³-hybridized carbons (Fsp3) is 0.200. The fourth-order valence-electron chi connectivity index (χ4n) is 3.49. The Morgan fingerprint density at radius 2 is 1.91 bits per heavy atom. The second kappa shape index (κ2) is 7.64. The molecule has 6 rings (SSSR count).